The zero-order valence-electron chi connectivity index (χ0n) is 23.7. The van der Waals surface area contributed by atoms with E-state index >= 15 is 0 Å². The largest absolute Gasteiger partial charge is 0.463 e. The highest BCUT2D eigenvalue weighted by Crippen LogP contribution is 2.10. The molecule has 0 saturated carbocycles. The average Bonchev–Trinajstić information content (AvgIpc) is 2.96. The highest BCUT2D eigenvalue weighted by atomic mass is 16.6. The molecule has 0 aliphatic rings. The van der Waals surface area contributed by atoms with Crippen molar-refractivity contribution in [2.45, 2.75) is 71.1 Å². The first-order valence-electron chi connectivity index (χ1n) is 14.4. The van der Waals surface area contributed by atoms with Gasteiger partial charge >= 0.3 is 11.9 Å². The predicted octanol–water partition coefficient (Wildman–Crippen LogP) is 4.94. The fourth-order valence-corrected chi connectivity index (χ4v) is 3.59. The molecule has 1 aromatic carbocycles. The predicted molar refractivity (Wildman–Crippen MR) is 148 cm³/mol. The van der Waals surface area contributed by atoms with Crippen LogP contribution in [0.25, 0.3) is 0 Å². The lowest BCUT2D eigenvalue weighted by molar-refractivity contribution is -0.145. The molecule has 9 heteroatoms. The number of rotatable bonds is 27. The van der Waals surface area contributed by atoms with Crippen LogP contribution in [0.2, 0.25) is 0 Å². The second-order valence-corrected chi connectivity index (χ2v) is 9.08. The van der Waals surface area contributed by atoms with Gasteiger partial charge < -0.3 is 28.4 Å². The maximum absolute atomic E-state index is 11.9. The topological polar surface area (TPSA) is 107 Å². The van der Waals surface area contributed by atoms with Gasteiger partial charge in [0.05, 0.1) is 52.9 Å². The Morgan fingerprint density at radius 3 is 1.49 bits per heavy atom. The van der Waals surface area contributed by atoms with Crippen LogP contribution in [0.4, 0.5) is 0 Å². The number of Topliss-reactive ketones (excluding diaryl/α,β-unsaturated/α-hetero) is 1. The van der Waals surface area contributed by atoms with Crippen molar-refractivity contribution in [2.24, 2.45) is 0 Å². The van der Waals surface area contributed by atoms with Crippen LogP contribution in [-0.4, -0.2) is 83.8 Å². The fraction of sp³-hybridized carbons (Fsp3) is 0.700. The minimum Gasteiger partial charge on any atom is -0.463 e. The SMILES string of the molecule is CCCCCCCCCCCC(=O)OCCOCCOCCOCCOCCOC(=O)C(=O)c1ccccc1. The van der Waals surface area contributed by atoms with Gasteiger partial charge in [-0.25, -0.2) is 4.79 Å². The second-order valence-electron chi connectivity index (χ2n) is 9.08. The third-order valence-electron chi connectivity index (χ3n) is 5.77. The van der Waals surface area contributed by atoms with Crippen LogP contribution >= 0.6 is 0 Å². The molecule has 39 heavy (non-hydrogen) atoms. The molecule has 0 unspecified atom stereocenters. The summed E-state index contributed by atoms with van der Waals surface area (Å²) in [7, 11) is 0. The monoisotopic (exact) mass is 552 g/mol. The van der Waals surface area contributed by atoms with Crippen LogP contribution in [0, 0.1) is 0 Å². The summed E-state index contributed by atoms with van der Waals surface area (Å²) in [5, 5.41) is 0. The average molecular weight is 553 g/mol. The Labute approximate surface area is 233 Å². The van der Waals surface area contributed by atoms with Crippen LogP contribution in [0.5, 0.6) is 0 Å². The zero-order chi connectivity index (χ0) is 28.2. The number of carbonyl (C=O) groups excluding carboxylic acids is 3. The van der Waals surface area contributed by atoms with Crippen LogP contribution in [0.3, 0.4) is 0 Å². The zero-order valence-corrected chi connectivity index (χ0v) is 23.7. The van der Waals surface area contributed by atoms with Crippen molar-refractivity contribution in [1.29, 1.82) is 0 Å². The molecule has 0 saturated heterocycles. The van der Waals surface area contributed by atoms with Gasteiger partial charge in [-0.3, -0.25) is 9.59 Å². The number of hydrogen-bond donors (Lipinski definition) is 0. The molecule has 0 aromatic heterocycles. The number of ketones is 1. The van der Waals surface area contributed by atoms with Crippen molar-refractivity contribution in [2.75, 3.05) is 66.1 Å². The number of hydrogen-bond acceptors (Lipinski definition) is 9. The number of benzene rings is 1. The third-order valence-corrected chi connectivity index (χ3v) is 5.77. The summed E-state index contributed by atoms with van der Waals surface area (Å²) in [6, 6.07) is 8.26. The molecule has 1 rings (SSSR count). The number of esters is 2. The van der Waals surface area contributed by atoms with E-state index in [1.54, 1.807) is 30.3 Å². The maximum atomic E-state index is 11.9. The summed E-state index contributed by atoms with van der Waals surface area (Å²) in [6.45, 7) is 5.44. The molecule has 9 nitrogen and oxygen atoms in total. The lowest BCUT2D eigenvalue weighted by Crippen LogP contribution is -2.20. The molecule has 222 valence electrons. The molecule has 0 spiro atoms. The summed E-state index contributed by atoms with van der Waals surface area (Å²) in [5.74, 6) is -1.72. The molecule has 0 amide bonds. The molecule has 1 aromatic rings. The van der Waals surface area contributed by atoms with E-state index in [0.29, 0.717) is 58.2 Å². The Kier molecular flexibility index (Phi) is 23.1. The fourth-order valence-electron chi connectivity index (χ4n) is 3.59. The molecule has 0 bridgehead atoms. The highest BCUT2D eigenvalue weighted by Gasteiger charge is 2.17. The lowest BCUT2D eigenvalue weighted by Gasteiger charge is -2.08. The van der Waals surface area contributed by atoms with Crippen LogP contribution in [0.15, 0.2) is 30.3 Å². The summed E-state index contributed by atoms with van der Waals surface area (Å²) in [5.41, 5.74) is 0.297. The first-order chi connectivity index (χ1) is 19.1. The van der Waals surface area contributed by atoms with Gasteiger partial charge in [0.1, 0.15) is 13.2 Å². The van der Waals surface area contributed by atoms with Crippen molar-refractivity contribution in [3.8, 4) is 0 Å². The van der Waals surface area contributed by atoms with Crippen LogP contribution in [-0.2, 0) is 38.0 Å². The van der Waals surface area contributed by atoms with E-state index in [9.17, 15) is 14.4 Å². The van der Waals surface area contributed by atoms with E-state index < -0.39 is 11.8 Å². The molecule has 0 atom stereocenters. The molecular formula is C30H48O9. The standard InChI is InChI=1S/C30H48O9/c1-2-3-4-5-6-7-8-9-13-16-28(31)38-25-23-36-21-19-34-17-18-35-20-22-37-24-26-39-30(33)29(32)27-14-11-10-12-15-27/h10-12,14-15H,2-9,13,16-26H2,1H3. The molecule has 0 heterocycles. The van der Waals surface area contributed by atoms with Crippen LogP contribution < -0.4 is 0 Å². The first-order valence-corrected chi connectivity index (χ1v) is 14.4. The Hall–Kier alpha value is -2.33. The summed E-state index contributed by atoms with van der Waals surface area (Å²) >= 11 is 0. The lowest BCUT2D eigenvalue weighted by atomic mass is 10.1. The summed E-state index contributed by atoms with van der Waals surface area (Å²) < 4.78 is 31.6. The van der Waals surface area contributed by atoms with E-state index in [2.05, 4.69) is 6.92 Å². The first kappa shape index (κ1) is 34.7. The second kappa shape index (κ2) is 25.9. The Bertz CT molecular complexity index is 739. The molecule has 0 N–H and O–H groups in total. The van der Waals surface area contributed by atoms with Crippen molar-refractivity contribution in [3.63, 3.8) is 0 Å². The number of carbonyl (C=O) groups is 3. The van der Waals surface area contributed by atoms with Gasteiger partial charge in [-0.15, -0.1) is 0 Å². The van der Waals surface area contributed by atoms with Gasteiger partial charge in [0.2, 0.25) is 0 Å². The third kappa shape index (κ3) is 21.2. The Morgan fingerprint density at radius 1 is 0.538 bits per heavy atom. The van der Waals surface area contributed by atoms with Gasteiger partial charge in [0.15, 0.2) is 0 Å². The minimum atomic E-state index is -0.896. The van der Waals surface area contributed by atoms with Gasteiger partial charge in [-0.2, -0.15) is 0 Å². The summed E-state index contributed by atoms with van der Waals surface area (Å²) in [4.78, 5) is 35.3. The van der Waals surface area contributed by atoms with Crippen molar-refractivity contribution in [3.05, 3.63) is 35.9 Å². The van der Waals surface area contributed by atoms with E-state index in [-0.39, 0.29) is 25.8 Å². The van der Waals surface area contributed by atoms with Crippen molar-refractivity contribution < 1.29 is 42.8 Å². The van der Waals surface area contributed by atoms with E-state index in [0.717, 1.165) is 12.8 Å². The van der Waals surface area contributed by atoms with Gasteiger partial charge in [-0.1, -0.05) is 88.6 Å². The van der Waals surface area contributed by atoms with E-state index in [1.807, 2.05) is 0 Å². The Morgan fingerprint density at radius 2 is 0.974 bits per heavy atom. The van der Waals surface area contributed by atoms with E-state index in [4.69, 9.17) is 28.4 Å². The minimum absolute atomic E-state index is 0.000965. The molecule has 0 aliphatic carbocycles. The number of unbranched alkanes of at least 4 members (excludes halogenated alkanes) is 8. The van der Waals surface area contributed by atoms with Gasteiger partial charge in [-0.05, 0) is 6.42 Å². The van der Waals surface area contributed by atoms with Gasteiger partial charge in [0, 0.05) is 12.0 Å². The highest BCUT2D eigenvalue weighted by molar-refractivity contribution is 6.40. The molecule has 0 fully saturated rings. The quantitative estimate of drug-likeness (QED) is 0.0649. The van der Waals surface area contributed by atoms with E-state index in [1.165, 1.54) is 44.9 Å². The Balaban J connectivity index is 1.76. The van der Waals surface area contributed by atoms with Crippen molar-refractivity contribution >= 4 is 17.7 Å². The van der Waals surface area contributed by atoms with Crippen molar-refractivity contribution in [1.82, 2.24) is 0 Å². The maximum Gasteiger partial charge on any atom is 0.379 e. The normalized spacial score (nSPS) is 10.9. The van der Waals surface area contributed by atoms with Crippen LogP contribution in [0.1, 0.15) is 81.5 Å². The summed E-state index contributed by atoms with van der Waals surface area (Å²) in [6.07, 6.45) is 11.5. The molecule has 0 aliphatic heterocycles. The smallest absolute Gasteiger partial charge is 0.379 e. The number of ether oxygens (including phenoxy) is 6. The van der Waals surface area contributed by atoms with Gasteiger partial charge in [0.25, 0.3) is 5.78 Å². The molecular weight excluding hydrogens is 504 g/mol. The molecule has 0 radical (unpaired) electrons.